The summed E-state index contributed by atoms with van der Waals surface area (Å²) >= 11 is 0. The van der Waals surface area contributed by atoms with Gasteiger partial charge < -0.3 is 4.42 Å². The number of fused-ring (bicyclic) bond motifs is 1. The van der Waals surface area contributed by atoms with Crippen molar-refractivity contribution < 1.29 is 4.42 Å². The first-order chi connectivity index (χ1) is 19.3. The molecule has 0 aliphatic heterocycles. The van der Waals surface area contributed by atoms with Gasteiger partial charge in [-0.2, -0.15) is 0 Å². The highest BCUT2D eigenvalue weighted by molar-refractivity contribution is 5.88. The van der Waals surface area contributed by atoms with E-state index >= 15 is 0 Å². The molecule has 184 valence electrons. The van der Waals surface area contributed by atoms with Crippen LogP contribution in [0.5, 0.6) is 0 Å². The third kappa shape index (κ3) is 4.62. The molecule has 7 aromatic rings. The van der Waals surface area contributed by atoms with Crippen LogP contribution in [-0.2, 0) is 0 Å². The maximum atomic E-state index is 5.69. The van der Waals surface area contributed by atoms with E-state index in [0.29, 0.717) is 11.6 Å². The van der Waals surface area contributed by atoms with E-state index in [1.807, 2.05) is 18.2 Å². The van der Waals surface area contributed by atoms with Gasteiger partial charge in [0.15, 0.2) is 11.6 Å². The van der Waals surface area contributed by atoms with Crippen molar-refractivity contribution in [3.63, 3.8) is 0 Å². The molecule has 0 bridgehead atoms. The van der Waals surface area contributed by atoms with Crippen molar-refractivity contribution >= 4 is 10.8 Å². The predicted octanol–water partition coefficient (Wildman–Crippen LogP) is 9.56. The minimum Gasteiger partial charge on any atom is -0.461 e. The molecule has 0 fully saturated rings. The van der Waals surface area contributed by atoms with Gasteiger partial charge in [-0.1, -0.05) is 109 Å². The van der Waals surface area contributed by atoms with Crippen LogP contribution >= 0.6 is 0 Å². The molecule has 3 nitrogen and oxygen atoms in total. The van der Waals surface area contributed by atoms with E-state index in [2.05, 4.69) is 121 Å². The van der Waals surface area contributed by atoms with Gasteiger partial charge in [0.05, 0.1) is 17.7 Å². The lowest BCUT2D eigenvalue weighted by Crippen LogP contribution is -1.95. The van der Waals surface area contributed by atoms with E-state index in [9.17, 15) is 0 Å². The molecule has 0 amide bonds. The first-order valence-corrected chi connectivity index (χ1v) is 13.0. The van der Waals surface area contributed by atoms with E-state index in [4.69, 9.17) is 14.4 Å². The van der Waals surface area contributed by atoms with Gasteiger partial charge in [-0.05, 0) is 63.4 Å². The highest BCUT2D eigenvalue weighted by atomic mass is 16.3. The SMILES string of the molecule is c1ccc(-c2ccc(-c3cc(-c4cccc(-c5ccc6ccccc6c5)c4)nc(-c4ccco4)n3)cc2)cc1. The van der Waals surface area contributed by atoms with E-state index in [1.54, 1.807) is 6.26 Å². The van der Waals surface area contributed by atoms with Crippen LogP contribution in [0.1, 0.15) is 0 Å². The molecule has 3 heteroatoms. The predicted molar refractivity (Wildman–Crippen MR) is 159 cm³/mol. The van der Waals surface area contributed by atoms with E-state index < -0.39 is 0 Å². The average Bonchev–Trinajstić information content (AvgIpc) is 3.57. The van der Waals surface area contributed by atoms with Crippen molar-refractivity contribution in [1.82, 2.24) is 9.97 Å². The molecular formula is C36H24N2O. The highest BCUT2D eigenvalue weighted by Gasteiger charge is 2.13. The van der Waals surface area contributed by atoms with E-state index in [0.717, 1.165) is 28.1 Å². The van der Waals surface area contributed by atoms with Crippen LogP contribution in [0.25, 0.3) is 67.1 Å². The molecule has 2 aromatic heterocycles. The number of rotatable bonds is 5. The van der Waals surface area contributed by atoms with Crippen LogP contribution in [-0.4, -0.2) is 9.97 Å². The number of nitrogens with zero attached hydrogens (tertiary/aromatic N) is 2. The second-order valence-corrected chi connectivity index (χ2v) is 9.53. The zero-order valence-electron chi connectivity index (χ0n) is 21.2. The summed E-state index contributed by atoms with van der Waals surface area (Å²) in [4.78, 5) is 9.80. The number of furan rings is 1. The molecule has 0 saturated carbocycles. The van der Waals surface area contributed by atoms with Crippen molar-refractivity contribution in [2.45, 2.75) is 0 Å². The second-order valence-electron chi connectivity index (χ2n) is 9.53. The van der Waals surface area contributed by atoms with Crippen LogP contribution in [0.3, 0.4) is 0 Å². The molecule has 0 unspecified atom stereocenters. The van der Waals surface area contributed by atoms with Gasteiger partial charge in [0, 0.05) is 11.1 Å². The third-order valence-corrected chi connectivity index (χ3v) is 7.00. The van der Waals surface area contributed by atoms with Gasteiger partial charge in [0.25, 0.3) is 0 Å². The fourth-order valence-electron chi connectivity index (χ4n) is 4.95. The van der Waals surface area contributed by atoms with Crippen LogP contribution in [0.2, 0.25) is 0 Å². The quantitative estimate of drug-likeness (QED) is 0.236. The van der Waals surface area contributed by atoms with Crippen molar-refractivity contribution in [3.8, 4) is 56.4 Å². The van der Waals surface area contributed by atoms with Gasteiger partial charge >= 0.3 is 0 Å². The van der Waals surface area contributed by atoms with Crippen molar-refractivity contribution in [2.24, 2.45) is 0 Å². The summed E-state index contributed by atoms with van der Waals surface area (Å²) in [5.41, 5.74) is 8.42. The van der Waals surface area contributed by atoms with E-state index in [-0.39, 0.29) is 0 Å². The maximum absolute atomic E-state index is 5.69. The monoisotopic (exact) mass is 500 g/mol. The maximum Gasteiger partial charge on any atom is 0.196 e. The van der Waals surface area contributed by atoms with Crippen LogP contribution in [0.4, 0.5) is 0 Å². The Hall–Kier alpha value is -5.28. The van der Waals surface area contributed by atoms with Gasteiger partial charge in [0.1, 0.15) is 0 Å². The summed E-state index contributed by atoms with van der Waals surface area (Å²) in [7, 11) is 0. The minimum atomic E-state index is 0.566. The third-order valence-electron chi connectivity index (χ3n) is 7.00. The van der Waals surface area contributed by atoms with Crippen molar-refractivity contribution in [3.05, 3.63) is 146 Å². The Kier molecular flexibility index (Phi) is 5.80. The standard InChI is InChI=1S/C36H24N2O/c1-2-8-25(9-3-1)27-15-18-28(19-16-27)33-24-34(38-36(37-33)35-14-7-21-39-35)32-13-6-12-30(23-32)31-20-17-26-10-4-5-11-29(26)22-31/h1-24H. The molecule has 2 heterocycles. The largest absolute Gasteiger partial charge is 0.461 e. The molecular weight excluding hydrogens is 476 g/mol. The van der Waals surface area contributed by atoms with Gasteiger partial charge in [-0.15, -0.1) is 0 Å². The molecule has 0 spiro atoms. The normalized spacial score (nSPS) is 11.1. The molecule has 39 heavy (non-hydrogen) atoms. The lowest BCUT2D eigenvalue weighted by molar-refractivity contribution is 0.577. The molecule has 0 aliphatic carbocycles. The Balaban J connectivity index is 1.31. The highest BCUT2D eigenvalue weighted by Crippen LogP contribution is 2.32. The smallest absolute Gasteiger partial charge is 0.196 e. The van der Waals surface area contributed by atoms with Gasteiger partial charge in [-0.25, -0.2) is 9.97 Å². The van der Waals surface area contributed by atoms with Crippen molar-refractivity contribution in [1.29, 1.82) is 0 Å². The summed E-state index contributed by atoms with van der Waals surface area (Å²) < 4.78 is 5.69. The van der Waals surface area contributed by atoms with Crippen LogP contribution in [0.15, 0.2) is 150 Å². The Morgan fingerprint density at radius 1 is 0.385 bits per heavy atom. The number of hydrogen-bond donors (Lipinski definition) is 0. The summed E-state index contributed by atoms with van der Waals surface area (Å²) in [6, 6.07) is 48.3. The molecule has 0 saturated heterocycles. The lowest BCUT2D eigenvalue weighted by Gasteiger charge is -2.10. The summed E-state index contributed by atoms with van der Waals surface area (Å²) in [6.45, 7) is 0. The van der Waals surface area contributed by atoms with Crippen molar-refractivity contribution in [2.75, 3.05) is 0 Å². The zero-order valence-corrected chi connectivity index (χ0v) is 21.2. The first kappa shape index (κ1) is 22.9. The summed E-state index contributed by atoms with van der Waals surface area (Å²) in [5.74, 6) is 1.21. The number of aromatic nitrogens is 2. The average molecular weight is 501 g/mol. The molecule has 5 aromatic carbocycles. The zero-order chi connectivity index (χ0) is 26.0. The van der Waals surface area contributed by atoms with E-state index in [1.165, 1.54) is 27.5 Å². The second kappa shape index (κ2) is 9.88. The molecule has 0 N–H and O–H groups in total. The van der Waals surface area contributed by atoms with Crippen LogP contribution in [0, 0.1) is 0 Å². The topological polar surface area (TPSA) is 38.9 Å². The number of benzene rings is 5. The van der Waals surface area contributed by atoms with Crippen LogP contribution < -0.4 is 0 Å². The fraction of sp³-hybridized carbons (Fsp3) is 0. The molecule has 0 radical (unpaired) electrons. The lowest BCUT2D eigenvalue weighted by atomic mass is 9.98. The summed E-state index contributed by atoms with van der Waals surface area (Å²) in [5, 5.41) is 2.46. The molecule has 7 rings (SSSR count). The Labute approximate surface area is 227 Å². The van der Waals surface area contributed by atoms with Gasteiger partial charge in [-0.3, -0.25) is 0 Å². The fourth-order valence-corrected chi connectivity index (χ4v) is 4.95. The Morgan fingerprint density at radius 3 is 1.79 bits per heavy atom. The summed E-state index contributed by atoms with van der Waals surface area (Å²) in [6.07, 6.45) is 1.65. The number of hydrogen-bond acceptors (Lipinski definition) is 3. The minimum absolute atomic E-state index is 0.566. The first-order valence-electron chi connectivity index (χ1n) is 13.0. The molecule has 0 aliphatic rings. The van der Waals surface area contributed by atoms with Gasteiger partial charge in [0.2, 0.25) is 0 Å². The Bertz CT molecular complexity index is 1890. The molecule has 0 atom stereocenters. The Morgan fingerprint density at radius 2 is 1.00 bits per heavy atom.